The van der Waals surface area contributed by atoms with Crippen molar-refractivity contribution in [3.8, 4) is 0 Å². The van der Waals surface area contributed by atoms with Crippen molar-refractivity contribution in [2.24, 2.45) is 0 Å². The normalized spacial score (nSPS) is 27.9. The van der Waals surface area contributed by atoms with Gasteiger partial charge in [-0.15, -0.1) is 0 Å². The maximum atomic E-state index is 13.9. The average molecular weight is 297 g/mol. The zero-order chi connectivity index (χ0) is 13.9. The number of hydrogen-bond acceptors (Lipinski definition) is 2. The van der Waals surface area contributed by atoms with E-state index in [9.17, 15) is 4.39 Å². The number of nitrogens with zero attached hydrogens (tertiary/aromatic N) is 1. The molecular weight excluding hydrogens is 275 g/mol. The Morgan fingerprint density at radius 3 is 2.95 bits per heavy atom. The minimum atomic E-state index is -0.141. The molecule has 2 aliphatic heterocycles. The first-order valence-corrected chi connectivity index (χ1v) is 8.03. The highest BCUT2D eigenvalue weighted by Gasteiger charge is 2.31. The van der Waals surface area contributed by atoms with Crippen molar-refractivity contribution >= 4 is 11.6 Å². The van der Waals surface area contributed by atoms with Crippen LogP contribution in [0.2, 0.25) is 5.02 Å². The number of benzene rings is 1. The van der Waals surface area contributed by atoms with Crippen LogP contribution in [0.4, 0.5) is 4.39 Å². The lowest BCUT2D eigenvalue weighted by Gasteiger charge is -2.39. The summed E-state index contributed by atoms with van der Waals surface area (Å²) < 4.78 is 13.9. The van der Waals surface area contributed by atoms with Gasteiger partial charge < -0.3 is 5.32 Å². The van der Waals surface area contributed by atoms with Crippen molar-refractivity contribution in [2.45, 2.75) is 50.7 Å². The number of hydrogen-bond donors (Lipinski definition) is 1. The summed E-state index contributed by atoms with van der Waals surface area (Å²) in [6, 6.07) is 5.99. The van der Waals surface area contributed by atoms with Crippen LogP contribution in [0.5, 0.6) is 0 Å². The van der Waals surface area contributed by atoms with Crippen LogP contribution in [0, 0.1) is 5.82 Å². The third-order valence-electron chi connectivity index (χ3n) is 4.61. The highest BCUT2D eigenvalue weighted by Crippen LogP contribution is 2.27. The van der Waals surface area contributed by atoms with Crippen LogP contribution in [0.1, 0.15) is 37.7 Å². The number of piperidine rings is 1. The standard InChI is InChI=1S/C16H22ClFN2/c17-13-6-7-14(18)12(10-13)11-20-9-2-1-5-16(20)15-4-3-8-19-15/h6-7,10,15-16,19H,1-5,8-9,11H2. The molecule has 0 saturated carbocycles. The first-order chi connectivity index (χ1) is 9.74. The minimum Gasteiger partial charge on any atom is -0.312 e. The molecular formula is C16H22ClFN2. The van der Waals surface area contributed by atoms with Gasteiger partial charge in [0.2, 0.25) is 0 Å². The van der Waals surface area contributed by atoms with Crippen molar-refractivity contribution in [3.63, 3.8) is 0 Å². The molecule has 1 N–H and O–H groups in total. The van der Waals surface area contributed by atoms with Gasteiger partial charge in [0, 0.05) is 29.2 Å². The molecule has 2 atom stereocenters. The van der Waals surface area contributed by atoms with Crippen molar-refractivity contribution in [2.75, 3.05) is 13.1 Å². The van der Waals surface area contributed by atoms with Crippen molar-refractivity contribution in [1.82, 2.24) is 10.2 Å². The average Bonchev–Trinajstić information content (AvgIpc) is 2.97. The molecule has 0 bridgehead atoms. The molecule has 2 fully saturated rings. The van der Waals surface area contributed by atoms with E-state index in [1.54, 1.807) is 12.1 Å². The number of likely N-dealkylation sites (tertiary alicyclic amines) is 1. The summed E-state index contributed by atoms with van der Waals surface area (Å²) >= 11 is 6.00. The first kappa shape index (κ1) is 14.3. The van der Waals surface area contributed by atoms with E-state index in [1.807, 2.05) is 0 Å². The molecule has 0 aliphatic carbocycles. The van der Waals surface area contributed by atoms with Crippen LogP contribution in [-0.2, 0) is 6.54 Å². The Kier molecular flexibility index (Phi) is 4.59. The van der Waals surface area contributed by atoms with E-state index in [4.69, 9.17) is 11.6 Å². The van der Waals surface area contributed by atoms with Crippen LogP contribution in [0.3, 0.4) is 0 Å². The van der Waals surface area contributed by atoms with Gasteiger partial charge in [0.05, 0.1) is 0 Å². The van der Waals surface area contributed by atoms with Gasteiger partial charge in [0.25, 0.3) is 0 Å². The second kappa shape index (κ2) is 6.42. The van der Waals surface area contributed by atoms with Gasteiger partial charge in [-0.05, 0) is 57.0 Å². The lowest BCUT2D eigenvalue weighted by atomic mass is 9.94. The Morgan fingerprint density at radius 2 is 2.15 bits per heavy atom. The summed E-state index contributed by atoms with van der Waals surface area (Å²) in [6.07, 6.45) is 6.24. The molecule has 110 valence electrons. The molecule has 0 amide bonds. The number of nitrogens with one attached hydrogen (secondary N) is 1. The predicted molar refractivity (Wildman–Crippen MR) is 80.5 cm³/mol. The smallest absolute Gasteiger partial charge is 0.127 e. The Hall–Kier alpha value is -0.640. The maximum Gasteiger partial charge on any atom is 0.127 e. The molecule has 3 rings (SSSR count). The molecule has 0 radical (unpaired) electrons. The van der Waals surface area contributed by atoms with Crippen LogP contribution in [-0.4, -0.2) is 30.1 Å². The Morgan fingerprint density at radius 1 is 1.25 bits per heavy atom. The zero-order valence-electron chi connectivity index (χ0n) is 11.7. The molecule has 2 nitrogen and oxygen atoms in total. The molecule has 0 spiro atoms. The SMILES string of the molecule is Fc1ccc(Cl)cc1CN1CCCCC1C1CCCN1. The van der Waals surface area contributed by atoms with Crippen molar-refractivity contribution < 1.29 is 4.39 Å². The van der Waals surface area contributed by atoms with E-state index in [1.165, 1.54) is 38.2 Å². The maximum absolute atomic E-state index is 13.9. The van der Waals surface area contributed by atoms with E-state index in [0.29, 0.717) is 23.7 Å². The fourth-order valence-corrected chi connectivity index (χ4v) is 3.79. The van der Waals surface area contributed by atoms with Gasteiger partial charge in [-0.1, -0.05) is 18.0 Å². The van der Waals surface area contributed by atoms with Crippen LogP contribution in [0.25, 0.3) is 0 Å². The monoisotopic (exact) mass is 296 g/mol. The van der Waals surface area contributed by atoms with E-state index >= 15 is 0 Å². The fraction of sp³-hybridized carbons (Fsp3) is 0.625. The third kappa shape index (κ3) is 3.16. The summed E-state index contributed by atoms with van der Waals surface area (Å²) in [5.41, 5.74) is 0.724. The third-order valence-corrected chi connectivity index (χ3v) is 4.84. The summed E-state index contributed by atoms with van der Waals surface area (Å²) in [7, 11) is 0. The Bertz CT molecular complexity index is 460. The van der Waals surface area contributed by atoms with E-state index in [0.717, 1.165) is 18.7 Å². The van der Waals surface area contributed by atoms with E-state index in [-0.39, 0.29) is 5.82 Å². The molecule has 2 heterocycles. The van der Waals surface area contributed by atoms with Crippen molar-refractivity contribution in [1.29, 1.82) is 0 Å². The van der Waals surface area contributed by atoms with Crippen LogP contribution < -0.4 is 5.32 Å². The van der Waals surface area contributed by atoms with Gasteiger partial charge in [0.1, 0.15) is 5.82 Å². The van der Waals surface area contributed by atoms with Gasteiger partial charge in [-0.2, -0.15) is 0 Å². The topological polar surface area (TPSA) is 15.3 Å². The second-order valence-electron chi connectivity index (χ2n) is 5.97. The van der Waals surface area contributed by atoms with Gasteiger partial charge >= 0.3 is 0 Å². The summed E-state index contributed by atoms with van der Waals surface area (Å²) in [4.78, 5) is 2.45. The molecule has 2 aliphatic rings. The summed E-state index contributed by atoms with van der Waals surface area (Å²) in [5, 5.41) is 4.23. The minimum absolute atomic E-state index is 0.141. The van der Waals surface area contributed by atoms with Gasteiger partial charge in [0.15, 0.2) is 0 Å². The predicted octanol–water partition coefficient (Wildman–Crippen LogP) is 3.59. The molecule has 2 saturated heterocycles. The van der Waals surface area contributed by atoms with Crippen molar-refractivity contribution in [3.05, 3.63) is 34.6 Å². The lowest BCUT2D eigenvalue weighted by Crippen LogP contribution is -2.49. The molecule has 1 aromatic carbocycles. The van der Waals surface area contributed by atoms with E-state index < -0.39 is 0 Å². The molecule has 1 aromatic rings. The van der Waals surface area contributed by atoms with Crippen LogP contribution >= 0.6 is 11.6 Å². The van der Waals surface area contributed by atoms with Gasteiger partial charge in [-0.25, -0.2) is 4.39 Å². The number of rotatable bonds is 3. The summed E-state index contributed by atoms with van der Waals surface area (Å²) in [6.45, 7) is 2.87. The Balaban J connectivity index is 1.74. The van der Waals surface area contributed by atoms with E-state index in [2.05, 4.69) is 10.2 Å². The number of halogens is 2. The Labute approximate surface area is 125 Å². The van der Waals surface area contributed by atoms with Gasteiger partial charge in [-0.3, -0.25) is 4.90 Å². The molecule has 20 heavy (non-hydrogen) atoms. The summed E-state index contributed by atoms with van der Waals surface area (Å²) in [5.74, 6) is -0.141. The van der Waals surface area contributed by atoms with Crippen LogP contribution in [0.15, 0.2) is 18.2 Å². The molecule has 0 aromatic heterocycles. The second-order valence-corrected chi connectivity index (χ2v) is 6.41. The molecule has 4 heteroatoms. The fourth-order valence-electron chi connectivity index (χ4n) is 3.59. The highest BCUT2D eigenvalue weighted by atomic mass is 35.5. The molecule has 2 unspecified atom stereocenters. The largest absolute Gasteiger partial charge is 0.312 e. The quantitative estimate of drug-likeness (QED) is 0.917. The lowest BCUT2D eigenvalue weighted by molar-refractivity contribution is 0.111. The first-order valence-electron chi connectivity index (χ1n) is 7.65. The zero-order valence-corrected chi connectivity index (χ0v) is 12.5. The highest BCUT2D eigenvalue weighted by molar-refractivity contribution is 6.30.